The van der Waals surface area contributed by atoms with Gasteiger partial charge in [0.2, 0.25) is 10.0 Å². The summed E-state index contributed by atoms with van der Waals surface area (Å²) in [7, 11) is -3.64. The van der Waals surface area contributed by atoms with Crippen LogP contribution in [0, 0.1) is 6.92 Å². The highest BCUT2D eigenvalue weighted by molar-refractivity contribution is 7.89. The molecular weight excluding hydrogens is 388 g/mol. The zero-order chi connectivity index (χ0) is 20.2. The van der Waals surface area contributed by atoms with E-state index in [1.54, 1.807) is 24.3 Å². The third kappa shape index (κ3) is 2.84. The van der Waals surface area contributed by atoms with Crippen molar-refractivity contribution >= 4 is 10.0 Å². The Morgan fingerprint density at radius 3 is 2.45 bits per heavy atom. The van der Waals surface area contributed by atoms with Gasteiger partial charge in [-0.1, -0.05) is 47.6 Å². The number of nitrogens with zero attached hydrogens (tertiary/aromatic N) is 2. The number of hydrogen-bond donors (Lipinski definition) is 1. The molecule has 1 saturated heterocycles. The highest BCUT2D eigenvalue weighted by atomic mass is 32.2. The predicted octanol–water partition coefficient (Wildman–Crippen LogP) is 3.60. The summed E-state index contributed by atoms with van der Waals surface area (Å²) < 4.78 is 33.3. The van der Waals surface area contributed by atoms with Gasteiger partial charge in [0.05, 0.1) is 22.1 Å². The smallest absolute Gasteiger partial charge is 0.243 e. The Kier molecular flexibility index (Phi) is 4.17. The quantitative estimate of drug-likeness (QED) is 0.710. The lowest BCUT2D eigenvalue weighted by Gasteiger charge is -2.24. The van der Waals surface area contributed by atoms with Gasteiger partial charge in [-0.15, -0.1) is 0 Å². The van der Waals surface area contributed by atoms with Crippen LogP contribution in [0.1, 0.15) is 25.0 Å². The van der Waals surface area contributed by atoms with Crippen LogP contribution in [-0.2, 0) is 10.0 Å². The fourth-order valence-electron chi connectivity index (χ4n) is 4.47. The minimum Gasteiger partial charge on any atom is -0.391 e. The molecule has 1 aromatic heterocycles. The van der Waals surface area contributed by atoms with Gasteiger partial charge in [0.1, 0.15) is 11.5 Å². The van der Waals surface area contributed by atoms with Crippen LogP contribution in [0.3, 0.4) is 0 Å². The minimum absolute atomic E-state index is 0.247. The summed E-state index contributed by atoms with van der Waals surface area (Å²) in [6.45, 7) is 2.31. The average molecular weight is 410 g/mol. The Labute approximate surface area is 169 Å². The second-order valence-electron chi connectivity index (χ2n) is 7.86. The van der Waals surface area contributed by atoms with Crippen molar-refractivity contribution in [3.63, 3.8) is 0 Å². The minimum atomic E-state index is -3.64. The topological polar surface area (TPSA) is 83.6 Å². The standard InChI is InChI=1S/C22H22N2O4S/c1-15-20(21(23-28-15)17-6-3-2-4-7-17)16-8-10-18(11-9-16)29(26,27)24-13-5-12-22(24)14-19(22)25/h2-4,6-11,19,25H,5,12-14H2,1H3. The number of sulfonamides is 1. The molecule has 2 heterocycles. The summed E-state index contributed by atoms with van der Waals surface area (Å²) in [6.07, 6.45) is 1.50. The number of aryl methyl sites for hydroxylation is 1. The summed E-state index contributed by atoms with van der Waals surface area (Å²) in [4.78, 5) is 0.247. The normalized spacial score (nSPS) is 24.3. The molecule has 2 fully saturated rings. The Bertz CT molecular complexity index is 1160. The van der Waals surface area contributed by atoms with Crippen LogP contribution in [-0.4, -0.2) is 41.2 Å². The predicted molar refractivity (Wildman–Crippen MR) is 109 cm³/mol. The summed E-state index contributed by atoms with van der Waals surface area (Å²) in [5, 5.41) is 14.2. The lowest BCUT2D eigenvalue weighted by atomic mass is 10.00. The molecule has 0 amide bonds. The molecule has 1 aliphatic heterocycles. The molecule has 2 aromatic carbocycles. The second kappa shape index (κ2) is 6.52. The van der Waals surface area contributed by atoms with Crippen molar-refractivity contribution in [2.24, 2.45) is 0 Å². The number of benzene rings is 2. The van der Waals surface area contributed by atoms with Crippen molar-refractivity contribution in [1.82, 2.24) is 9.46 Å². The van der Waals surface area contributed by atoms with Crippen LogP contribution >= 0.6 is 0 Å². The average Bonchev–Trinajstić information content (AvgIpc) is 3.06. The van der Waals surface area contributed by atoms with Gasteiger partial charge in [-0.2, -0.15) is 4.31 Å². The summed E-state index contributed by atoms with van der Waals surface area (Å²) in [5.41, 5.74) is 2.80. The third-order valence-corrected chi connectivity index (χ3v) is 8.11. The maximum atomic E-state index is 13.2. The molecule has 3 aromatic rings. The Morgan fingerprint density at radius 1 is 1.10 bits per heavy atom. The first-order valence-corrected chi connectivity index (χ1v) is 11.2. The van der Waals surface area contributed by atoms with Crippen LogP contribution in [0.4, 0.5) is 0 Å². The molecule has 2 aliphatic rings. The van der Waals surface area contributed by atoms with E-state index in [2.05, 4.69) is 5.16 Å². The number of aliphatic hydroxyl groups is 1. The molecule has 2 atom stereocenters. The maximum Gasteiger partial charge on any atom is 0.243 e. The van der Waals surface area contributed by atoms with Crippen molar-refractivity contribution in [3.8, 4) is 22.4 Å². The molecule has 7 heteroatoms. The molecule has 1 saturated carbocycles. The molecule has 1 aliphatic carbocycles. The molecule has 29 heavy (non-hydrogen) atoms. The van der Waals surface area contributed by atoms with Crippen LogP contribution < -0.4 is 0 Å². The summed E-state index contributed by atoms with van der Waals surface area (Å²) in [5.74, 6) is 0.680. The molecule has 2 unspecified atom stereocenters. The lowest BCUT2D eigenvalue weighted by molar-refractivity contribution is 0.208. The van der Waals surface area contributed by atoms with E-state index in [4.69, 9.17) is 4.52 Å². The number of aliphatic hydroxyl groups excluding tert-OH is 1. The lowest BCUT2D eigenvalue weighted by Crippen LogP contribution is -2.39. The monoisotopic (exact) mass is 410 g/mol. The third-order valence-electron chi connectivity index (χ3n) is 6.12. The van der Waals surface area contributed by atoms with Gasteiger partial charge in [0, 0.05) is 12.1 Å². The fraction of sp³-hybridized carbons (Fsp3) is 0.318. The molecule has 5 rings (SSSR count). The van der Waals surface area contributed by atoms with Crippen molar-refractivity contribution in [3.05, 3.63) is 60.4 Å². The van der Waals surface area contributed by atoms with Crippen LogP contribution in [0.25, 0.3) is 22.4 Å². The van der Waals surface area contributed by atoms with Gasteiger partial charge in [0.15, 0.2) is 0 Å². The van der Waals surface area contributed by atoms with E-state index >= 15 is 0 Å². The van der Waals surface area contributed by atoms with Gasteiger partial charge < -0.3 is 9.63 Å². The SMILES string of the molecule is Cc1onc(-c2ccccc2)c1-c1ccc(S(=O)(=O)N2CCCC23CC3O)cc1. The first kappa shape index (κ1) is 18.5. The summed E-state index contributed by atoms with van der Waals surface area (Å²) >= 11 is 0. The summed E-state index contributed by atoms with van der Waals surface area (Å²) in [6, 6.07) is 16.6. The first-order chi connectivity index (χ1) is 13.9. The van der Waals surface area contributed by atoms with E-state index in [0.29, 0.717) is 18.7 Å². The second-order valence-corrected chi connectivity index (χ2v) is 9.72. The van der Waals surface area contributed by atoms with Crippen LogP contribution in [0.2, 0.25) is 0 Å². The molecule has 0 radical (unpaired) electrons. The van der Waals surface area contributed by atoms with E-state index < -0.39 is 21.7 Å². The first-order valence-electron chi connectivity index (χ1n) is 9.76. The van der Waals surface area contributed by atoms with Crippen molar-refractivity contribution < 1.29 is 18.0 Å². The molecule has 150 valence electrons. The van der Waals surface area contributed by atoms with Gasteiger partial charge in [0.25, 0.3) is 0 Å². The molecule has 0 bridgehead atoms. The molecular formula is C22H22N2O4S. The van der Waals surface area contributed by atoms with Crippen molar-refractivity contribution in [2.45, 2.75) is 42.7 Å². The number of rotatable bonds is 4. The Hall–Kier alpha value is -2.48. The van der Waals surface area contributed by atoms with E-state index in [9.17, 15) is 13.5 Å². The van der Waals surface area contributed by atoms with Gasteiger partial charge in [-0.05, 0) is 43.9 Å². The highest BCUT2D eigenvalue weighted by Gasteiger charge is 2.63. The largest absolute Gasteiger partial charge is 0.391 e. The van der Waals surface area contributed by atoms with E-state index in [1.165, 1.54) is 4.31 Å². The molecule has 1 spiro atoms. The highest BCUT2D eigenvalue weighted by Crippen LogP contribution is 2.52. The number of hydrogen-bond acceptors (Lipinski definition) is 5. The van der Waals surface area contributed by atoms with Crippen molar-refractivity contribution in [1.29, 1.82) is 0 Å². The van der Waals surface area contributed by atoms with Crippen molar-refractivity contribution in [2.75, 3.05) is 6.54 Å². The molecule has 1 N–H and O–H groups in total. The van der Waals surface area contributed by atoms with E-state index in [-0.39, 0.29) is 4.90 Å². The molecule has 6 nitrogen and oxygen atoms in total. The van der Waals surface area contributed by atoms with Crippen LogP contribution in [0.5, 0.6) is 0 Å². The van der Waals surface area contributed by atoms with E-state index in [0.717, 1.165) is 35.2 Å². The number of aromatic nitrogens is 1. The van der Waals surface area contributed by atoms with Gasteiger partial charge >= 0.3 is 0 Å². The Morgan fingerprint density at radius 2 is 1.79 bits per heavy atom. The van der Waals surface area contributed by atoms with E-state index in [1.807, 2.05) is 37.3 Å². The zero-order valence-electron chi connectivity index (χ0n) is 16.1. The maximum absolute atomic E-state index is 13.2. The van der Waals surface area contributed by atoms with Gasteiger partial charge in [-0.25, -0.2) is 8.42 Å². The zero-order valence-corrected chi connectivity index (χ0v) is 16.9. The Balaban J connectivity index is 1.50. The fourth-order valence-corrected chi connectivity index (χ4v) is 6.34. The van der Waals surface area contributed by atoms with Crippen LogP contribution in [0.15, 0.2) is 64.0 Å². The van der Waals surface area contributed by atoms with Gasteiger partial charge in [-0.3, -0.25) is 0 Å².